The number of fused-ring (bicyclic) bond motifs is 3. The van der Waals surface area contributed by atoms with Gasteiger partial charge in [0.05, 0.1) is 24.0 Å². The molecule has 0 radical (unpaired) electrons. The van der Waals surface area contributed by atoms with Gasteiger partial charge in [0.25, 0.3) is 0 Å². The Morgan fingerprint density at radius 1 is 1.09 bits per heavy atom. The summed E-state index contributed by atoms with van der Waals surface area (Å²) in [5, 5.41) is 22.7. The van der Waals surface area contributed by atoms with E-state index in [9.17, 15) is 9.90 Å². The molecular formula is C24H23N7O3. The van der Waals surface area contributed by atoms with Crippen LogP contribution in [0.1, 0.15) is 37.3 Å². The van der Waals surface area contributed by atoms with E-state index in [0.29, 0.717) is 41.1 Å². The quantitative estimate of drug-likeness (QED) is 0.416. The second-order valence-electron chi connectivity index (χ2n) is 8.58. The smallest absolute Gasteiger partial charge is 0.249 e. The molecule has 4 heterocycles. The van der Waals surface area contributed by atoms with Crippen LogP contribution in [0, 0.1) is 0 Å². The molecule has 1 saturated carbocycles. The fourth-order valence-electron chi connectivity index (χ4n) is 4.58. The van der Waals surface area contributed by atoms with Crippen LogP contribution in [0.4, 0.5) is 0 Å². The van der Waals surface area contributed by atoms with E-state index < -0.39 is 6.04 Å². The molecule has 0 spiro atoms. The normalized spacial score (nSPS) is 19.4. The molecule has 10 heteroatoms. The number of hydrogen-bond acceptors (Lipinski definition) is 7. The van der Waals surface area contributed by atoms with Crippen LogP contribution in [-0.4, -0.2) is 52.5 Å². The molecule has 1 aliphatic rings. The van der Waals surface area contributed by atoms with Crippen molar-refractivity contribution >= 4 is 22.6 Å². The molecule has 34 heavy (non-hydrogen) atoms. The second-order valence-corrected chi connectivity index (χ2v) is 8.58. The van der Waals surface area contributed by atoms with Gasteiger partial charge in [0, 0.05) is 6.04 Å². The first-order valence-corrected chi connectivity index (χ1v) is 11.3. The molecule has 1 aliphatic carbocycles. The van der Waals surface area contributed by atoms with Crippen LogP contribution in [0.5, 0.6) is 0 Å². The summed E-state index contributed by atoms with van der Waals surface area (Å²) < 4.78 is 8.64. The average Bonchev–Trinajstić information content (AvgIpc) is 3.61. The van der Waals surface area contributed by atoms with Crippen molar-refractivity contribution in [2.45, 2.75) is 43.9 Å². The number of hydrogen-bond donors (Lipinski definition) is 2. The van der Waals surface area contributed by atoms with E-state index in [1.165, 1.54) is 0 Å². The molecule has 0 unspecified atom stereocenters. The summed E-state index contributed by atoms with van der Waals surface area (Å²) >= 11 is 0. The molecule has 2 N–H and O–H groups in total. The van der Waals surface area contributed by atoms with E-state index in [-0.39, 0.29) is 18.1 Å². The summed E-state index contributed by atoms with van der Waals surface area (Å²) in [6.07, 6.45) is 7.41. The molecule has 0 bridgehead atoms. The molecular weight excluding hydrogens is 434 g/mol. The molecule has 6 rings (SSSR count). The first-order valence-electron chi connectivity index (χ1n) is 11.3. The Labute approximate surface area is 194 Å². The maximum Gasteiger partial charge on any atom is 0.249 e. The van der Waals surface area contributed by atoms with E-state index >= 15 is 0 Å². The van der Waals surface area contributed by atoms with Gasteiger partial charge >= 0.3 is 0 Å². The van der Waals surface area contributed by atoms with Crippen molar-refractivity contribution in [3.8, 4) is 11.6 Å². The third-order valence-corrected chi connectivity index (χ3v) is 6.32. The van der Waals surface area contributed by atoms with Crippen molar-refractivity contribution in [1.29, 1.82) is 0 Å². The summed E-state index contributed by atoms with van der Waals surface area (Å²) in [6.45, 7) is 0. The number of aliphatic hydroxyl groups is 1. The monoisotopic (exact) mass is 457 g/mol. The molecule has 1 aromatic carbocycles. The predicted molar refractivity (Wildman–Crippen MR) is 123 cm³/mol. The molecule has 4 aromatic heterocycles. The van der Waals surface area contributed by atoms with Crippen molar-refractivity contribution in [3.63, 3.8) is 0 Å². The van der Waals surface area contributed by atoms with Crippen molar-refractivity contribution in [3.05, 3.63) is 66.8 Å². The highest BCUT2D eigenvalue weighted by Gasteiger charge is 2.29. The number of rotatable bonds is 5. The fourth-order valence-corrected chi connectivity index (χ4v) is 4.58. The first-order chi connectivity index (χ1) is 16.7. The molecule has 0 saturated heterocycles. The molecule has 0 aliphatic heterocycles. The Kier molecular flexibility index (Phi) is 5.06. The van der Waals surface area contributed by atoms with Crippen LogP contribution in [0.3, 0.4) is 0 Å². The van der Waals surface area contributed by atoms with Crippen LogP contribution in [0.25, 0.3) is 28.3 Å². The lowest BCUT2D eigenvalue weighted by Gasteiger charge is -2.28. The van der Waals surface area contributed by atoms with Crippen LogP contribution >= 0.6 is 0 Å². The highest BCUT2D eigenvalue weighted by atomic mass is 16.3. The van der Waals surface area contributed by atoms with E-state index in [1.54, 1.807) is 40.1 Å². The SMILES string of the molecule is O=C(NC1CCC(O)CC1)[C@@H](c1ccccc1)n1ncc2c1ncn1nc(-c3ccco3)nc21. The summed E-state index contributed by atoms with van der Waals surface area (Å²) in [6, 6.07) is 12.4. The lowest BCUT2D eigenvalue weighted by atomic mass is 9.92. The van der Waals surface area contributed by atoms with Gasteiger partial charge in [0.15, 0.2) is 23.1 Å². The number of amides is 1. The van der Waals surface area contributed by atoms with Crippen LogP contribution in [-0.2, 0) is 4.79 Å². The Balaban J connectivity index is 1.40. The number of furan rings is 1. The van der Waals surface area contributed by atoms with Gasteiger partial charge in [0.1, 0.15) is 6.33 Å². The van der Waals surface area contributed by atoms with Gasteiger partial charge < -0.3 is 14.8 Å². The topological polar surface area (TPSA) is 123 Å². The Morgan fingerprint density at radius 3 is 2.68 bits per heavy atom. The molecule has 1 atom stereocenters. The van der Waals surface area contributed by atoms with Crippen molar-refractivity contribution in [1.82, 2.24) is 34.7 Å². The molecule has 172 valence electrons. The van der Waals surface area contributed by atoms with E-state index in [1.807, 2.05) is 30.3 Å². The van der Waals surface area contributed by atoms with Crippen molar-refractivity contribution in [2.75, 3.05) is 0 Å². The average molecular weight is 457 g/mol. The highest BCUT2D eigenvalue weighted by Crippen LogP contribution is 2.27. The largest absolute Gasteiger partial charge is 0.461 e. The zero-order valence-electron chi connectivity index (χ0n) is 18.3. The molecule has 1 amide bonds. The first kappa shape index (κ1) is 20.5. The zero-order valence-corrected chi connectivity index (χ0v) is 18.3. The Morgan fingerprint density at radius 2 is 1.91 bits per heavy atom. The summed E-state index contributed by atoms with van der Waals surface area (Å²) in [7, 11) is 0. The lowest BCUT2D eigenvalue weighted by molar-refractivity contribution is -0.124. The number of nitrogens with zero attached hydrogens (tertiary/aromatic N) is 6. The third kappa shape index (κ3) is 3.61. The molecule has 1 fully saturated rings. The van der Waals surface area contributed by atoms with Crippen molar-refractivity contribution < 1.29 is 14.3 Å². The van der Waals surface area contributed by atoms with Crippen molar-refractivity contribution in [2.24, 2.45) is 0 Å². The van der Waals surface area contributed by atoms with Crippen LogP contribution in [0.2, 0.25) is 0 Å². The minimum Gasteiger partial charge on any atom is -0.461 e. The number of carbonyl (C=O) groups is 1. The summed E-state index contributed by atoms with van der Waals surface area (Å²) in [4.78, 5) is 22.7. The van der Waals surface area contributed by atoms with Gasteiger partial charge in [-0.2, -0.15) is 5.10 Å². The van der Waals surface area contributed by atoms with Gasteiger partial charge in [0.2, 0.25) is 11.7 Å². The Hall–Kier alpha value is -4.05. The van der Waals surface area contributed by atoms with Gasteiger partial charge in [-0.3, -0.25) is 4.79 Å². The maximum absolute atomic E-state index is 13.6. The van der Waals surface area contributed by atoms with E-state index in [4.69, 9.17) is 4.42 Å². The van der Waals surface area contributed by atoms with Crippen LogP contribution in [0.15, 0.2) is 65.7 Å². The van der Waals surface area contributed by atoms with Gasteiger partial charge in [-0.15, -0.1) is 5.10 Å². The van der Waals surface area contributed by atoms with Gasteiger partial charge in [-0.1, -0.05) is 30.3 Å². The minimum atomic E-state index is -0.701. The van der Waals surface area contributed by atoms with Gasteiger partial charge in [-0.25, -0.2) is 19.2 Å². The number of benzene rings is 1. The third-order valence-electron chi connectivity index (χ3n) is 6.32. The number of nitrogens with one attached hydrogen (secondary N) is 1. The zero-order chi connectivity index (χ0) is 23.1. The summed E-state index contributed by atoms with van der Waals surface area (Å²) in [5.74, 6) is 0.851. The molecule has 10 nitrogen and oxygen atoms in total. The predicted octanol–water partition coefficient (Wildman–Crippen LogP) is 2.74. The molecule has 5 aromatic rings. The summed E-state index contributed by atoms with van der Waals surface area (Å²) in [5.41, 5.74) is 1.92. The standard InChI is InChI=1S/C24H23N7O3/c32-17-10-8-16(9-11-17)27-24(33)20(15-5-2-1-3-6-15)31-22-18(13-26-31)23-28-21(19-7-4-12-34-19)29-30(23)14-25-22/h1-7,12-14,16-17,20,32H,8-11H2,(H,27,33)/t16?,17?,20-/m1/s1. The van der Waals surface area contributed by atoms with Crippen LogP contribution < -0.4 is 5.32 Å². The number of aliphatic hydroxyl groups excluding tert-OH is 1. The highest BCUT2D eigenvalue weighted by molar-refractivity contribution is 5.91. The maximum atomic E-state index is 13.6. The minimum absolute atomic E-state index is 0.0240. The number of aromatic nitrogens is 6. The Bertz CT molecular complexity index is 1430. The van der Waals surface area contributed by atoms with E-state index in [2.05, 4.69) is 25.5 Å². The fraction of sp³-hybridized carbons (Fsp3) is 0.292. The van der Waals surface area contributed by atoms with Gasteiger partial charge in [-0.05, 0) is 43.4 Å². The lowest BCUT2D eigenvalue weighted by Crippen LogP contribution is -2.42. The second kappa shape index (κ2) is 8.38. The van der Waals surface area contributed by atoms with E-state index in [0.717, 1.165) is 18.4 Å². The number of carbonyl (C=O) groups excluding carboxylic acids is 1.